The van der Waals surface area contributed by atoms with Gasteiger partial charge in [-0.15, -0.1) is 0 Å². The molecule has 0 heterocycles. The average Bonchev–Trinajstić information content (AvgIpc) is 1.87. The second-order valence-electron chi connectivity index (χ2n) is 1.18. The Labute approximate surface area is 70.5 Å². The molecule has 0 aromatic heterocycles. The van der Waals surface area contributed by atoms with Crippen molar-refractivity contribution in [2.45, 2.75) is 6.92 Å². The van der Waals surface area contributed by atoms with Gasteiger partial charge in [-0.1, -0.05) is 15.9 Å². The molecular formula is C5H6Br2O2. The van der Waals surface area contributed by atoms with Crippen LogP contribution in [0.1, 0.15) is 6.92 Å². The summed E-state index contributed by atoms with van der Waals surface area (Å²) in [6.45, 7) is 2.15. The van der Waals surface area contributed by atoms with Gasteiger partial charge in [-0.2, -0.15) is 0 Å². The third kappa shape index (κ3) is 3.70. The Morgan fingerprint density at radius 3 is 2.67 bits per heavy atom. The van der Waals surface area contributed by atoms with Crippen LogP contribution in [0, 0.1) is 0 Å². The lowest BCUT2D eigenvalue weighted by molar-refractivity contribution is -0.137. The van der Waals surface area contributed by atoms with E-state index in [1.54, 1.807) is 6.92 Å². The van der Waals surface area contributed by atoms with Crippen LogP contribution in [-0.2, 0) is 9.53 Å². The lowest BCUT2D eigenvalue weighted by Crippen LogP contribution is -2.02. The normalized spacial score (nSPS) is 11.2. The summed E-state index contributed by atoms with van der Waals surface area (Å²) in [5.41, 5.74) is 0. The second-order valence-corrected chi connectivity index (χ2v) is 2.49. The maximum atomic E-state index is 10.6. The molecule has 4 heteroatoms. The van der Waals surface area contributed by atoms with E-state index in [1.165, 1.54) is 4.99 Å². The largest absolute Gasteiger partial charge is 0.462 e. The first-order valence-electron chi connectivity index (χ1n) is 2.35. The Balaban J connectivity index is 3.74. The fourth-order valence-corrected chi connectivity index (χ4v) is 0.546. The third-order valence-corrected chi connectivity index (χ3v) is 2.19. The Kier molecular flexibility index (Phi) is 5.09. The number of halogens is 2. The lowest BCUT2D eigenvalue weighted by Gasteiger charge is -1.96. The maximum absolute atomic E-state index is 10.6. The predicted octanol–water partition coefficient (Wildman–Crippen LogP) is 2.18. The number of esters is 1. The fraction of sp³-hybridized carbons (Fsp3) is 0.400. The number of rotatable bonds is 2. The molecule has 0 N–H and O–H groups in total. The standard InChI is InChI=1S/C5H6Br2O2/c1-2-9-5(8)4(7)3-6/h3H,2H2,1H3/b4-3+. The van der Waals surface area contributed by atoms with Gasteiger partial charge >= 0.3 is 5.97 Å². The molecule has 2 nitrogen and oxygen atoms in total. The monoisotopic (exact) mass is 256 g/mol. The van der Waals surface area contributed by atoms with Crippen LogP contribution in [-0.4, -0.2) is 12.6 Å². The first-order valence-corrected chi connectivity index (χ1v) is 4.06. The minimum absolute atomic E-state index is 0.352. The molecule has 0 spiro atoms. The van der Waals surface area contributed by atoms with Crippen LogP contribution >= 0.6 is 31.9 Å². The van der Waals surface area contributed by atoms with Gasteiger partial charge in [0.2, 0.25) is 0 Å². The van der Waals surface area contributed by atoms with Crippen LogP contribution in [0.5, 0.6) is 0 Å². The molecular weight excluding hydrogens is 252 g/mol. The van der Waals surface area contributed by atoms with Crippen molar-refractivity contribution in [1.29, 1.82) is 0 Å². The molecule has 0 aliphatic heterocycles. The molecule has 0 amide bonds. The van der Waals surface area contributed by atoms with Gasteiger partial charge in [-0.25, -0.2) is 4.79 Å². The van der Waals surface area contributed by atoms with E-state index < -0.39 is 0 Å². The molecule has 52 valence electrons. The third-order valence-electron chi connectivity index (χ3n) is 0.566. The lowest BCUT2D eigenvalue weighted by atomic mass is 10.6. The average molecular weight is 258 g/mol. The van der Waals surface area contributed by atoms with Crippen molar-refractivity contribution < 1.29 is 9.53 Å². The smallest absolute Gasteiger partial charge is 0.345 e. The van der Waals surface area contributed by atoms with E-state index in [-0.39, 0.29) is 5.97 Å². The molecule has 0 saturated heterocycles. The van der Waals surface area contributed by atoms with Crippen molar-refractivity contribution in [2.24, 2.45) is 0 Å². The molecule has 0 atom stereocenters. The van der Waals surface area contributed by atoms with Crippen LogP contribution in [0.3, 0.4) is 0 Å². The Morgan fingerprint density at radius 2 is 2.33 bits per heavy atom. The van der Waals surface area contributed by atoms with E-state index in [0.29, 0.717) is 11.1 Å². The zero-order valence-corrected chi connectivity index (χ0v) is 8.03. The SMILES string of the molecule is CCOC(=O)/C(Br)=C\Br. The van der Waals surface area contributed by atoms with Crippen molar-refractivity contribution in [3.8, 4) is 0 Å². The highest BCUT2D eigenvalue weighted by atomic mass is 79.9. The highest BCUT2D eigenvalue weighted by molar-refractivity contribution is 9.14. The van der Waals surface area contributed by atoms with Gasteiger partial charge in [0.15, 0.2) is 0 Å². The van der Waals surface area contributed by atoms with Gasteiger partial charge in [-0.3, -0.25) is 0 Å². The minimum Gasteiger partial charge on any atom is -0.462 e. The van der Waals surface area contributed by atoms with Gasteiger partial charge in [0, 0.05) is 4.99 Å². The molecule has 0 bridgehead atoms. The fourth-order valence-electron chi connectivity index (χ4n) is 0.245. The molecule has 0 aromatic rings. The maximum Gasteiger partial charge on any atom is 0.345 e. The van der Waals surface area contributed by atoms with E-state index in [9.17, 15) is 4.79 Å². The summed E-state index contributed by atoms with van der Waals surface area (Å²) in [5, 5.41) is 0. The first-order chi connectivity index (χ1) is 4.22. The molecule has 0 aliphatic rings. The number of hydrogen-bond acceptors (Lipinski definition) is 2. The predicted molar refractivity (Wildman–Crippen MR) is 42.6 cm³/mol. The number of hydrogen-bond donors (Lipinski definition) is 0. The molecule has 9 heavy (non-hydrogen) atoms. The summed E-state index contributed by atoms with van der Waals surface area (Å²) in [4.78, 5) is 12.1. The van der Waals surface area contributed by atoms with Gasteiger partial charge in [0.1, 0.15) is 4.48 Å². The van der Waals surface area contributed by atoms with Gasteiger partial charge in [-0.05, 0) is 22.9 Å². The van der Waals surface area contributed by atoms with Crippen LogP contribution in [0.2, 0.25) is 0 Å². The van der Waals surface area contributed by atoms with Gasteiger partial charge in [0.05, 0.1) is 6.61 Å². The van der Waals surface area contributed by atoms with Crippen molar-refractivity contribution in [1.82, 2.24) is 0 Å². The van der Waals surface area contributed by atoms with E-state index in [2.05, 4.69) is 36.6 Å². The summed E-state index contributed by atoms with van der Waals surface area (Å²) in [6, 6.07) is 0. The van der Waals surface area contributed by atoms with E-state index in [1.807, 2.05) is 0 Å². The van der Waals surface area contributed by atoms with Crippen molar-refractivity contribution in [2.75, 3.05) is 6.61 Å². The van der Waals surface area contributed by atoms with Crippen LogP contribution in [0.4, 0.5) is 0 Å². The molecule has 0 unspecified atom stereocenters. The van der Waals surface area contributed by atoms with E-state index >= 15 is 0 Å². The summed E-state index contributed by atoms with van der Waals surface area (Å²) in [5.74, 6) is -0.352. The Hall–Kier alpha value is 0.170. The number of carbonyl (C=O) groups excluding carboxylic acids is 1. The summed E-state index contributed by atoms with van der Waals surface area (Å²) >= 11 is 5.96. The highest BCUT2D eigenvalue weighted by Gasteiger charge is 2.03. The number of carbonyl (C=O) groups is 1. The first kappa shape index (κ1) is 9.17. The molecule has 0 rings (SSSR count). The minimum atomic E-state index is -0.352. The van der Waals surface area contributed by atoms with Crippen molar-refractivity contribution >= 4 is 37.8 Å². The summed E-state index contributed by atoms with van der Waals surface area (Å²) < 4.78 is 5.00. The summed E-state index contributed by atoms with van der Waals surface area (Å²) in [7, 11) is 0. The van der Waals surface area contributed by atoms with Crippen molar-refractivity contribution in [3.05, 3.63) is 9.47 Å². The van der Waals surface area contributed by atoms with E-state index in [4.69, 9.17) is 0 Å². The van der Waals surface area contributed by atoms with Crippen LogP contribution < -0.4 is 0 Å². The van der Waals surface area contributed by atoms with Crippen molar-refractivity contribution in [3.63, 3.8) is 0 Å². The highest BCUT2D eigenvalue weighted by Crippen LogP contribution is 2.08. The molecule has 0 radical (unpaired) electrons. The number of ether oxygens (including phenoxy) is 1. The molecule has 0 aromatic carbocycles. The van der Waals surface area contributed by atoms with Crippen LogP contribution in [0.25, 0.3) is 0 Å². The Bertz CT molecular complexity index is 131. The molecule has 0 aliphatic carbocycles. The van der Waals surface area contributed by atoms with Gasteiger partial charge < -0.3 is 4.74 Å². The molecule has 0 fully saturated rings. The zero-order valence-electron chi connectivity index (χ0n) is 4.86. The zero-order chi connectivity index (χ0) is 7.28. The van der Waals surface area contributed by atoms with Crippen LogP contribution in [0.15, 0.2) is 9.47 Å². The topological polar surface area (TPSA) is 26.3 Å². The molecule has 0 saturated carbocycles. The van der Waals surface area contributed by atoms with E-state index in [0.717, 1.165) is 0 Å². The quantitative estimate of drug-likeness (QED) is 0.560. The second kappa shape index (κ2) is 4.99. The van der Waals surface area contributed by atoms with Gasteiger partial charge in [0.25, 0.3) is 0 Å². The summed E-state index contributed by atoms with van der Waals surface area (Å²) in [6.07, 6.45) is 0. The Morgan fingerprint density at radius 1 is 1.78 bits per heavy atom.